The van der Waals surface area contributed by atoms with Crippen molar-refractivity contribution in [3.63, 3.8) is 0 Å². The first-order valence-electron chi connectivity index (χ1n) is 7.05. The van der Waals surface area contributed by atoms with Gasteiger partial charge >= 0.3 is 0 Å². The van der Waals surface area contributed by atoms with Crippen LogP contribution in [0.3, 0.4) is 0 Å². The number of carbonyl (C=O) groups excluding carboxylic acids is 2. The Labute approximate surface area is 135 Å². The van der Waals surface area contributed by atoms with E-state index in [-0.39, 0.29) is 23.0 Å². The fraction of sp³-hybridized carbons (Fsp3) is 0.500. The van der Waals surface area contributed by atoms with E-state index in [4.69, 9.17) is 0 Å². The van der Waals surface area contributed by atoms with Gasteiger partial charge in [0.25, 0.3) is 5.91 Å². The van der Waals surface area contributed by atoms with E-state index in [1.807, 2.05) is 20.1 Å². The Hall–Kier alpha value is -0.940. The first-order valence-corrected chi connectivity index (χ1v) is 9.49. The van der Waals surface area contributed by atoms with Gasteiger partial charge in [-0.1, -0.05) is 19.1 Å². The van der Waals surface area contributed by atoms with Crippen LogP contribution in [0.1, 0.15) is 41.5 Å². The zero-order valence-electron chi connectivity index (χ0n) is 13.0. The molecule has 1 aromatic carbocycles. The molecule has 21 heavy (non-hydrogen) atoms. The number of thioether (sulfide) groups is 2. The van der Waals surface area contributed by atoms with Crippen molar-refractivity contribution in [1.82, 2.24) is 5.32 Å². The van der Waals surface area contributed by atoms with Gasteiger partial charge in [0.05, 0.1) is 5.25 Å². The molecule has 5 heteroatoms. The van der Waals surface area contributed by atoms with Gasteiger partial charge in [-0.2, -0.15) is 11.8 Å². The Morgan fingerprint density at radius 2 is 1.71 bits per heavy atom. The summed E-state index contributed by atoms with van der Waals surface area (Å²) in [5.74, 6) is 1.78. The van der Waals surface area contributed by atoms with Crippen LogP contribution in [-0.4, -0.2) is 40.7 Å². The monoisotopic (exact) mass is 325 g/mol. The molecule has 0 fully saturated rings. The summed E-state index contributed by atoms with van der Waals surface area (Å²) in [4.78, 5) is 24.3. The van der Waals surface area contributed by atoms with Crippen LogP contribution >= 0.6 is 23.5 Å². The Morgan fingerprint density at radius 3 is 2.19 bits per heavy atom. The molecule has 0 aliphatic rings. The molecule has 0 spiro atoms. The maximum absolute atomic E-state index is 12.4. The first kappa shape index (κ1) is 18.1. The van der Waals surface area contributed by atoms with Crippen LogP contribution in [0.15, 0.2) is 24.3 Å². The predicted molar refractivity (Wildman–Crippen MR) is 93.7 cm³/mol. The summed E-state index contributed by atoms with van der Waals surface area (Å²) >= 11 is 3.35. The quantitative estimate of drug-likeness (QED) is 0.743. The zero-order valence-corrected chi connectivity index (χ0v) is 14.6. The van der Waals surface area contributed by atoms with Gasteiger partial charge in [-0.3, -0.25) is 9.59 Å². The Kier molecular flexibility index (Phi) is 7.89. The van der Waals surface area contributed by atoms with Crippen LogP contribution in [0, 0.1) is 0 Å². The van der Waals surface area contributed by atoms with Crippen LogP contribution in [0.4, 0.5) is 0 Å². The Balaban J connectivity index is 2.80. The van der Waals surface area contributed by atoms with Crippen LogP contribution in [0.5, 0.6) is 0 Å². The van der Waals surface area contributed by atoms with Gasteiger partial charge in [-0.25, -0.2) is 0 Å². The van der Waals surface area contributed by atoms with Crippen LogP contribution in [-0.2, 0) is 0 Å². The molecule has 0 saturated heterocycles. The van der Waals surface area contributed by atoms with E-state index in [1.165, 1.54) is 0 Å². The number of Topliss-reactive ketones (excluding diaryl/α,β-unsaturated/α-hetero) is 1. The average molecular weight is 325 g/mol. The van der Waals surface area contributed by atoms with E-state index in [2.05, 4.69) is 12.2 Å². The highest BCUT2D eigenvalue weighted by molar-refractivity contribution is 8.03. The summed E-state index contributed by atoms with van der Waals surface area (Å²) < 4.78 is 0. The van der Waals surface area contributed by atoms with Crippen molar-refractivity contribution >= 4 is 35.2 Å². The van der Waals surface area contributed by atoms with E-state index < -0.39 is 0 Å². The second-order valence-electron chi connectivity index (χ2n) is 4.97. The molecule has 0 radical (unpaired) electrons. The molecule has 0 bridgehead atoms. The largest absolute Gasteiger partial charge is 0.350 e. The maximum atomic E-state index is 12.4. The van der Waals surface area contributed by atoms with Gasteiger partial charge in [-0.15, -0.1) is 11.8 Å². The van der Waals surface area contributed by atoms with Crippen molar-refractivity contribution in [2.24, 2.45) is 0 Å². The topological polar surface area (TPSA) is 46.2 Å². The second kappa shape index (κ2) is 9.15. The number of hydrogen-bond acceptors (Lipinski definition) is 4. The van der Waals surface area contributed by atoms with Gasteiger partial charge in [0.2, 0.25) is 0 Å². The minimum atomic E-state index is -0.104. The van der Waals surface area contributed by atoms with Gasteiger partial charge in [0.15, 0.2) is 5.78 Å². The van der Waals surface area contributed by atoms with Gasteiger partial charge in [0.1, 0.15) is 0 Å². The third-order valence-electron chi connectivity index (χ3n) is 2.83. The normalized spacial score (nSPS) is 12.2. The van der Waals surface area contributed by atoms with Crippen molar-refractivity contribution in [3.8, 4) is 0 Å². The molecular formula is C16H23NO2S2. The number of hydrogen-bond donors (Lipinski definition) is 1. The number of benzene rings is 1. The standard InChI is InChI=1S/C16H23NO2S2/c1-5-21-14(10-20-4)15(18)12-6-8-13(9-7-12)16(19)17-11(2)3/h6-9,11,14H,5,10H2,1-4H3,(H,17,19). The number of amides is 1. The third-order valence-corrected chi connectivity index (χ3v) is 4.82. The van der Waals surface area contributed by atoms with Crippen molar-refractivity contribution in [3.05, 3.63) is 35.4 Å². The van der Waals surface area contributed by atoms with E-state index in [9.17, 15) is 9.59 Å². The molecule has 0 saturated carbocycles. The van der Waals surface area contributed by atoms with E-state index >= 15 is 0 Å². The molecule has 1 amide bonds. The number of carbonyl (C=O) groups is 2. The molecule has 1 rings (SSSR count). The smallest absolute Gasteiger partial charge is 0.251 e. The molecular weight excluding hydrogens is 302 g/mol. The summed E-state index contributed by atoms with van der Waals surface area (Å²) in [5.41, 5.74) is 1.26. The third kappa shape index (κ3) is 5.75. The second-order valence-corrected chi connectivity index (χ2v) is 7.36. The van der Waals surface area contributed by atoms with E-state index in [0.29, 0.717) is 11.1 Å². The highest BCUT2D eigenvalue weighted by atomic mass is 32.2. The summed E-state index contributed by atoms with van der Waals surface area (Å²) in [6.07, 6.45) is 2.01. The SMILES string of the molecule is CCSC(CSC)C(=O)c1ccc(C(=O)NC(C)C)cc1. The van der Waals surface area contributed by atoms with E-state index in [0.717, 1.165) is 11.5 Å². The van der Waals surface area contributed by atoms with E-state index in [1.54, 1.807) is 47.8 Å². The summed E-state index contributed by atoms with van der Waals surface area (Å²) in [6.45, 7) is 5.90. The minimum absolute atomic E-state index is 0.0136. The molecule has 3 nitrogen and oxygen atoms in total. The first-order chi connectivity index (χ1) is 9.99. The van der Waals surface area contributed by atoms with Crippen LogP contribution in [0.25, 0.3) is 0 Å². The molecule has 1 aromatic rings. The van der Waals surface area contributed by atoms with Crippen molar-refractivity contribution < 1.29 is 9.59 Å². The van der Waals surface area contributed by atoms with Gasteiger partial charge in [-0.05, 0) is 38.0 Å². The summed E-state index contributed by atoms with van der Waals surface area (Å²) in [7, 11) is 0. The Bertz CT molecular complexity index is 466. The lowest BCUT2D eigenvalue weighted by Crippen LogP contribution is -2.30. The van der Waals surface area contributed by atoms with Crippen molar-refractivity contribution in [2.45, 2.75) is 32.1 Å². The zero-order chi connectivity index (χ0) is 15.8. The molecule has 0 heterocycles. The lowest BCUT2D eigenvalue weighted by Gasteiger charge is -2.14. The summed E-state index contributed by atoms with van der Waals surface area (Å²) in [6, 6.07) is 7.04. The molecule has 0 aliphatic carbocycles. The van der Waals surface area contributed by atoms with Gasteiger partial charge in [0, 0.05) is 22.9 Å². The van der Waals surface area contributed by atoms with Crippen molar-refractivity contribution in [1.29, 1.82) is 0 Å². The molecule has 0 aliphatic heterocycles. The lowest BCUT2D eigenvalue weighted by atomic mass is 10.1. The fourth-order valence-corrected chi connectivity index (χ4v) is 3.81. The number of nitrogens with one attached hydrogen (secondary N) is 1. The lowest BCUT2D eigenvalue weighted by molar-refractivity contribution is 0.0940. The molecule has 116 valence electrons. The van der Waals surface area contributed by atoms with Crippen LogP contribution < -0.4 is 5.32 Å². The maximum Gasteiger partial charge on any atom is 0.251 e. The molecule has 0 aromatic heterocycles. The minimum Gasteiger partial charge on any atom is -0.350 e. The van der Waals surface area contributed by atoms with Gasteiger partial charge < -0.3 is 5.32 Å². The number of rotatable bonds is 8. The average Bonchev–Trinajstić information content (AvgIpc) is 2.46. The van der Waals surface area contributed by atoms with Crippen molar-refractivity contribution in [2.75, 3.05) is 17.8 Å². The number of ketones is 1. The highest BCUT2D eigenvalue weighted by Crippen LogP contribution is 2.20. The molecule has 1 N–H and O–H groups in total. The summed E-state index contributed by atoms with van der Waals surface area (Å²) in [5, 5.41) is 2.83. The fourth-order valence-electron chi connectivity index (χ4n) is 1.87. The predicted octanol–water partition coefficient (Wildman–Crippen LogP) is 3.49. The molecule has 1 unspecified atom stereocenters. The Morgan fingerprint density at radius 1 is 1.14 bits per heavy atom. The highest BCUT2D eigenvalue weighted by Gasteiger charge is 2.19. The molecule has 1 atom stereocenters. The van der Waals surface area contributed by atoms with Crippen LogP contribution in [0.2, 0.25) is 0 Å².